The van der Waals surface area contributed by atoms with Crippen molar-refractivity contribution in [3.63, 3.8) is 0 Å². The van der Waals surface area contributed by atoms with Crippen LogP contribution in [0, 0.1) is 13.8 Å². The van der Waals surface area contributed by atoms with Crippen LogP contribution in [-0.2, 0) is 16.7 Å². The molecule has 1 N–H and O–H groups in total. The van der Waals surface area contributed by atoms with E-state index in [4.69, 9.17) is 0 Å². The van der Waals surface area contributed by atoms with Crippen LogP contribution < -0.4 is 4.90 Å². The SMILES string of the molecule is Cc1ccc(C)c(S(=O)(=O)N2CC[NH+](Cn3nnc(-c4ccccc4)n3)CC2)c1. The highest BCUT2D eigenvalue weighted by Crippen LogP contribution is 2.21. The van der Waals surface area contributed by atoms with Crippen LogP contribution in [0.5, 0.6) is 0 Å². The van der Waals surface area contributed by atoms with Crippen molar-refractivity contribution in [2.45, 2.75) is 25.4 Å². The average Bonchev–Trinajstić information content (AvgIpc) is 3.19. The van der Waals surface area contributed by atoms with Gasteiger partial charge < -0.3 is 4.90 Å². The molecular formula is C20H25N6O2S+. The normalized spacial score (nSPS) is 16.2. The number of aryl methyl sites for hydroxylation is 2. The average molecular weight is 414 g/mol. The second kappa shape index (κ2) is 8.02. The van der Waals surface area contributed by atoms with Gasteiger partial charge in [0.05, 0.1) is 31.1 Å². The van der Waals surface area contributed by atoms with Crippen molar-refractivity contribution in [2.75, 3.05) is 26.2 Å². The van der Waals surface area contributed by atoms with Crippen molar-refractivity contribution in [3.05, 3.63) is 59.7 Å². The van der Waals surface area contributed by atoms with Crippen LogP contribution in [0.25, 0.3) is 11.4 Å². The Labute approximate surface area is 170 Å². The highest BCUT2D eigenvalue weighted by Gasteiger charge is 2.31. The van der Waals surface area contributed by atoms with E-state index in [1.165, 1.54) is 4.90 Å². The van der Waals surface area contributed by atoms with Crippen LogP contribution in [-0.4, -0.2) is 59.1 Å². The molecule has 4 rings (SSSR count). The summed E-state index contributed by atoms with van der Waals surface area (Å²) in [7, 11) is -3.47. The number of quaternary nitrogens is 1. The van der Waals surface area contributed by atoms with Gasteiger partial charge in [0.25, 0.3) is 0 Å². The van der Waals surface area contributed by atoms with Gasteiger partial charge in [-0.1, -0.05) is 42.5 Å². The van der Waals surface area contributed by atoms with Gasteiger partial charge in [-0.05, 0) is 36.3 Å². The van der Waals surface area contributed by atoms with Crippen LogP contribution >= 0.6 is 0 Å². The molecule has 0 aliphatic carbocycles. The topological polar surface area (TPSA) is 85.4 Å². The first-order chi connectivity index (χ1) is 13.9. The van der Waals surface area contributed by atoms with Crippen LogP contribution in [0.15, 0.2) is 53.4 Å². The number of piperazine rings is 1. The number of sulfonamides is 1. The summed E-state index contributed by atoms with van der Waals surface area (Å²) in [5.41, 5.74) is 2.66. The van der Waals surface area contributed by atoms with Gasteiger partial charge in [0.1, 0.15) is 0 Å². The molecule has 8 nitrogen and oxygen atoms in total. The van der Waals surface area contributed by atoms with E-state index in [2.05, 4.69) is 15.4 Å². The van der Waals surface area contributed by atoms with Gasteiger partial charge in [0, 0.05) is 5.56 Å². The molecule has 1 aromatic heterocycles. The number of benzene rings is 2. The number of nitrogens with one attached hydrogen (secondary N) is 1. The summed E-state index contributed by atoms with van der Waals surface area (Å²) in [5, 5.41) is 12.7. The molecule has 2 heterocycles. The molecule has 0 unspecified atom stereocenters. The van der Waals surface area contributed by atoms with Crippen molar-refractivity contribution >= 4 is 10.0 Å². The molecule has 2 aromatic carbocycles. The molecule has 1 saturated heterocycles. The summed E-state index contributed by atoms with van der Waals surface area (Å²) in [5.74, 6) is 0.598. The number of hydrogen-bond donors (Lipinski definition) is 1. The Balaban J connectivity index is 1.40. The molecule has 0 spiro atoms. The standard InChI is InChI=1S/C20H24N6O2S/c1-16-8-9-17(2)19(14-16)29(27,28)25-12-10-24(11-13-25)15-26-22-20(21-23-26)18-6-4-3-5-7-18/h3-9,14H,10-13,15H2,1-2H3/p+1. The van der Waals surface area contributed by atoms with Crippen LogP contribution in [0.4, 0.5) is 0 Å². The van der Waals surface area contributed by atoms with E-state index in [0.717, 1.165) is 16.7 Å². The molecule has 9 heteroatoms. The number of aromatic nitrogens is 4. The Morgan fingerprint density at radius 3 is 2.48 bits per heavy atom. The molecule has 1 aliphatic rings. The predicted molar refractivity (Wildman–Crippen MR) is 109 cm³/mol. The molecule has 1 aliphatic heterocycles. The molecule has 0 atom stereocenters. The van der Waals surface area contributed by atoms with Crippen LogP contribution in [0.1, 0.15) is 11.1 Å². The maximum absolute atomic E-state index is 13.1. The summed E-state index contributed by atoms with van der Waals surface area (Å²) in [6.07, 6.45) is 0. The second-order valence-electron chi connectivity index (χ2n) is 7.43. The molecule has 0 radical (unpaired) electrons. The first-order valence-corrected chi connectivity index (χ1v) is 11.1. The minimum absolute atomic E-state index is 0.409. The second-order valence-corrected chi connectivity index (χ2v) is 9.34. The molecule has 1 fully saturated rings. The van der Waals surface area contributed by atoms with E-state index in [0.29, 0.717) is 43.6 Å². The smallest absolute Gasteiger partial charge is 0.243 e. The lowest BCUT2D eigenvalue weighted by Gasteiger charge is -2.31. The van der Waals surface area contributed by atoms with Crippen molar-refractivity contribution in [1.29, 1.82) is 0 Å². The summed E-state index contributed by atoms with van der Waals surface area (Å²) >= 11 is 0. The monoisotopic (exact) mass is 413 g/mol. The Hall–Kier alpha value is -2.62. The number of hydrogen-bond acceptors (Lipinski definition) is 5. The Morgan fingerprint density at radius 1 is 1.03 bits per heavy atom. The fourth-order valence-corrected chi connectivity index (χ4v) is 5.29. The zero-order valence-electron chi connectivity index (χ0n) is 16.6. The fourth-order valence-electron chi connectivity index (χ4n) is 3.54. The summed E-state index contributed by atoms with van der Waals surface area (Å²) < 4.78 is 27.7. The van der Waals surface area contributed by atoms with Gasteiger partial charge in [-0.15, -0.1) is 15.0 Å². The van der Waals surface area contributed by atoms with E-state index in [1.54, 1.807) is 15.2 Å². The highest BCUT2D eigenvalue weighted by molar-refractivity contribution is 7.89. The van der Waals surface area contributed by atoms with Gasteiger partial charge in [-0.3, -0.25) is 0 Å². The molecule has 3 aromatic rings. The molecule has 29 heavy (non-hydrogen) atoms. The van der Waals surface area contributed by atoms with Crippen LogP contribution in [0.3, 0.4) is 0 Å². The Bertz CT molecular complexity index is 1090. The maximum atomic E-state index is 13.1. The summed E-state index contributed by atoms with van der Waals surface area (Å²) in [4.78, 5) is 3.23. The minimum atomic E-state index is -3.47. The van der Waals surface area contributed by atoms with Gasteiger partial charge in [-0.2, -0.15) is 4.31 Å². The predicted octanol–water partition coefficient (Wildman–Crippen LogP) is 0.504. The lowest BCUT2D eigenvalue weighted by molar-refractivity contribution is -0.927. The molecule has 0 saturated carbocycles. The van der Waals surface area contributed by atoms with Crippen molar-refractivity contribution < 1.29 is 13.3 Å². The van der Waals surface area contributed by atoms with Crippen molar-refractivity contribution in [1.82, 2.24) is 24.5 Å². The zero-order chi connectivity index (χ0) is 20.4. The van der Waals surface area contributed by atoms with E-state index in [-0.39, 0.29) is 0 Å². The quantitative estimate of drug-likeness (QED) is 0.659. The lowest BCUT2D eigenvalue weighted by atomic mass is 10.2. The first-order valence-electron chi connectivity index (χ1n) is 9.68. The van der Waals surface area contributed by atoms with Crippen LogP contribution in [0.2, 0.25) is 0 Å². The van der Waals surface area contributed by atoms with E-state index in [1.807, 2.05) is 56.3 Å². The van der Waals surface area contributed by atoms with E-state index in [9.17, 15) is 8.42 Å². The summed E-state index contributed by atoms with van der Waals surface area (Å²) in [6.45, 7) is 6.68. The van der Waals surface area contributed by atoms with Gasteiger partial charge in [0.15, 0.2) is 6.67 Å². The third-order valence-corrected chi connectivity index (χ3v) is 7.28. The fraction of sp³-hybridized carbons (Fsp3) is 0.350. The summed E-state index contributed by atoms with van der Waals surface area (Å²) in [6, 6.07) is 15.3. The maximum Gasteiger partial charge on any atom is 0.243 e. The third kappa shape index (κ3) is 4.21. The third-order valence-electron chi connectivity index (χ3n) is 5.24. The number of tetrazole rings is 1. The van der Waals surface area contributed by atoms with E-state index < -0.39 is 10.0 Å². The van der Waals surface area contributed by atoms with Gasteiger partial charge in [0.2, 0.25) is 15.8 Å². The van der Waals surface area contributed by atoms with Crippen molar-refractivity contribution in [3.8, 4) is 11.4 Å². The lowest BCUT2D eigenvalue weighted by Crippen LogP contribution is -3.14. The van der Waals surface area contributed by atoms with Gasteiger partial charge in [-0.25, -0.2) is 8.42 Å². The highest BCUT2D eigenvalue weighted by atomic mass is 32.2. The zero-order valence-corrected chi connectivity index (χ0v) is 17.4. The molecular weight excluding hydrogens is 388 g/mol. The molecule has 152 valence electrons. The molecule has 0 bridgehead atoms. The first kappa shape index (κ1) is 19.7. The minimum Gasteiger partial charge on any atom is -0.313 e. The van der Waals surface area contributed by atoms with Crippen molar-refractivity contribution in [2.24, 2.45) is 0 Å². The Kier molecular flexibility index (Phi) is 5.44. The van der Waals surface area contributed by atoms with Gasteiger partial charge >= 0.3 is 0 Å². The number of nitrogens with zero attached hydrogens (tertiary/aromatic N) is 5. The number of rotatable bonds is 5. The Morgan fingerprint density at radius 2 is 1.76 bits per heavy atom. The van der Waals surface area contributed by atoms with E-state index >= 15 is 0 Å². The largest absolute Gasteiger partial charge is 0.313 e. The molecule has 0 amide bonds.